The zero-order valence-corrected chi connectivity index (χ0v) is 13.9. The number of nitrogens with zero attached hydrogens (tertiary/aromatic N) is 2. The Labute approximate surface area is 149 Å². The zero-order chi connectivity index (χ0) is 18.5. The lowest BCUT2D eigenvalue weighted by molar-refractivity contribution is -0.112. The summed E-state index contributed by atoms with van der Waals surface area (Å²) in [5, 5.41) is 14.8. The molecule has 1 amide bonds. The molecule has 7 heteroatoms. The Hall–Kier alpha value is -3.92. The van der Waals surface area contributed by atoms with Gasteiger partial charge < -0.3 is 15.6 Å². The van der Waals surface area contributed by atoms with Crippen molar-refractivity contribution >= 4 is 34.1 Å². The Kier molecular flexibility index (Phi) is 4.76. The van der Waals surface area contributed by atoms with E-state index >= 15 is 0 Å². The molecule has 0 saturated heterocycles. The first-order valence-corrected chi connectivity index (χ1v) is 7.79. The molecule has 0 atom stereocenters. The summed E-state index contributed by atoms with van der Waals surface area (Å²) in [6, 6.07) is 13.8. The highest BCUT2D eigenvalue weighted by Crippen LogP contribution is 2.16. The van der Waals surface area contributed by atoms with Crippen molar-refractivity contribution in [2.45, 2.75) is 6.92 Å². The Morgan fingerprint density at radius 3 is 2.81 bits per heavy atom. The molecule has 2 aromatic carbocycles. The third kappa shape index (κ3) is 3.76. The number of anilines is 2. The number of benzene rings is 2. The van der Waals surface area contributed by atoms with E-state index in [-0.39, 0.29) is 11.4 Å². The smallest absolute Gasteiger partial charge is 0.267 e. The number of imidazole rings is 1. The fourth-order valence-corrected chi connectivity index (χ4v) is 2.34. The molecule has 26 heavy (non-hydrogen) atoms. The molecule has 3 aromatic rings. The van der Waals surface area contributed by atoms with E-state index < -0.39 is 5.91 Å². The van der Waals surface area contributed by atoms with E-state index in [1.165, 1.54) is 13.1 Å². The van der Waals surface area contributed by atoms with Gasteiger partial charge in [-0.15, -0.1) is 0 Å². The summed E-state index contributed by atoms with van der Waals surface area (Å²) >= 11 is 0. The average molecular weight is 345 g/mol. The van der Waals surface area contributed by atoms with Gasteiger partial charge in [-0.1, -0.05) is 12.1 Å². The lowest BCUT2D eigenvalue weighted by atomic mass is 10.1. The van der Waals surface area contributed by atoms with Gasteiger partial charge in [0.1, 0.15) is 11.6 Å². The van der Waals surface area contributed by atoms with Gasteiger partial charge in [0.2, 0.25) is 0 Å². The van der Waals surface area contributed by atoms with Gasteiger partial charge in [0.05, 0.1) is 17.4 Å². The fourth-order valence-electron chi connectivity index (χ4n) is 2.34. The molecule has 1 aromatic heterocycles. The van der Waals surface area contributed by atoms with Crippen LogP contribution in [0.1, 0.15) is 17.3 Å². The zero-order valence-electron chi connectivity index (χ0n) is 13.9. The van der Waals surface area contributed by atoms with Crippen molar-refractivity contribution in [3.63, 3.8) is 0 Å². The second kappa shape index (κ2) is 7.32. The highest BCUT2D eigenvalue weighted by Gasteiger charge is 2.10. The van der Waals surface area contributed by atoms with Crippen molar-refractivity contribution < 1.29 is 9.59 Å². The standard InChI is InChI=1S/C19H15N5O2/c1-12(25)13-3-2-4-16(7-13)24-19(26)14(9-20)10-21-15-5-6-17-18(8-15)23-11-22-17/h2-8,10-11,21H,1H3,(H,22,23)(H,24,26)/b14-10-. The number of carbonyl (C=O) groups excluding carboxylic acids is 2. The minimum Gasteiger partial charge on any atom is -0.360 e. The molecule has 0 saturated carbocycles. The molecule has 0 aliphatic heterocycles. The monoisotopic (exact) mass is 345 g/mol. The summed E-state index contributed by atoms with van der Waals surface area (Å²) in [5.74, 6) is -0.670. The van der Waals surface area contributed by atoms with E-state index in [0.717, 1.165) is 11.0 Å². The molecule has 0 aliphatic rings. The van der Waals surface area contributed by atoms with Gasteiger partial charge in [-0.25, -0.2) is 4.98 Å². The molecular formula is C19H15N5O2. The van der Waals surface area contributed by atoms with Crippen LogP contribution in [0.25, 0.3) is 11.0 Å². The number of rotatable bonds is 5. The highest BCUT2D eigenvalue weighted by molar-refractivity contribution is 6.07. The predicted octanol–water partition coefficient (Wildman–Crippen LogP) is 3.22. The Bertz CT molecular complexity index is 1060. The Morgan fingerprint density at radius 1 is 1.19 bits per heavy atom. The fraction of sp³-hybridized carbons (Fsp3) is 0.0526. The van der Waals surface area contributed by atoms with Crippen molar-refractivity contribution in [2.75, 3.05) is 10.6 Å². The minimum atomic E-state index is -0.566. The second-order valence-electron chi connectivity index (χ2n) is 5.54. The maximum atomic E-state index is 12.3. The maximum absolute atomic E-state index is 12.3. The van der Waals surface area contributed by atoms with Crippen LogP contribution in [0.2, 0.25) is 0 Å². The summed E-state index contributed by atoms with van der Waals surface area (Å²) in [6.45, 7) is 1.45. The molecule has 0 fully saturated rings. The first kappa shape index (κ1) is 16.9. The molecule has 128 valence electrons. The van der Waals surface area contributed by atoms with Crippen LogP contribution in [-0.4, -0.2) is 21.7 Å². The Balaban J connectivity index is 1.73. The van der Waals surface area contributed by atoms with Gasteiger partial charge in [-0.05, 0) is 37.3 Å². The second-order valence-corrected chi connectivity index (χ2v) is 5.54. The molecule has 0 radical (unpaired) electrons. The first-order valence-electron chi connectivity index (χ1n) is 7.79. The minimum absolute atomic E-state index is 0.0945. The predicted molar refractivity (Wildman–Crippen MR) is 98.5 cm³/mol. The number of aromatic amines is 1. The van der Waals surface area contributed by atoms with Gasteiger partial charge in [0.15, 0.2) is 5.78 Å². The molecular weight excluding hydrogens is 330 g/mol. The van der Waals surface area contributed by atoms with Crippen molar-refractivity contribution in [3.8, 4) is 6.07 Å². The van der Waals surface area contributed by atoms with Gasteiger partial charge >= 0.3 is 0 Å². The third-order valence-corrected chi connectivity index (χ3v) is 3.70. The summed E-state index contributed by atoms with van der Waals surface area (Å²) in [5.41, 5.74) is 3.21. The van der Waals surface area contributed by atoms with Crippen molar-refractivity contribution in [1.29, 1.82) is 5.26 Å². The molecule has 1 heterocycles. The van der Waals surface area contributed by atoms with Crippen LogP contribution in [-0.2, 0) is 4.79 Å². The lowest BCUT2D eigenvalue weighted by Gasteiger charge is -2.06. The highest BCUT2D eigenvalue weighted by atomic mass is 16.1. The number of amides is 1. The third-order valence-electron chi connectivity index (χ3n) is 3.70. The van der Waals surface area contributed by atoms with E-state index in [1.54, 1.807) is 36.7 Å². The van der Waals surface area contributed by atoms with E-state index in [9.17, 15) is 14.9 Å². The summed E-state index contributed by atoms with van der Waals surface area (Å²) in [7, 11) is 0. The molecule has 3 rings (SSSR count). The van der Waals surface area contributed by atoms with Crippen LogP contribution < -0.4 is 10.6 Å². The number of hydrogen-bond acceptors (Lipinski definition) is 5. The molecule has 0 spiro atoms. The quantitative estimate of drug-likeness (QED) is 0.373. The van der Waals surface area contributed by atoms with Crippen LogP contribution >= 0.6 is 0 Å². The van der Waals surface area contributed by atoms with Crippen LogP contribution in [0.3, 0.4) is 0 Å². The lowest BCUT2D eigenvalue weighted by Crippen LogP contribution is -2.14. The van der Waals surface area contributed by atoms with E-state index in [0.29, 0.717) is 16.9 Å². The van der Waals surface area contributed by atoms with Crippen molar-refractivity contribution in [1.82, 2.24) is 9.97 Å². The van der Waals surface area contributed by atoms with E-state index in [4.69, 9.17) is 0 Å². The van der Waals surface area contributed by atoms with E-state index in [2.05, 4.69) is 20.6 Å². The summed E-state index contributed by atoms with van der Waals surface area (Å²) < 4.78 is 0. The SMILES string of the molecule is CC(=O)c1cccc(NC(=O)/C(C#N)=C\Nc2ccc3nc[nH]c3c2)c1. The van der Waals surface area contributed by atoms with Gasteiger partial charge in [-0.3, -0.25) is 9.59 Å². The topological polar surface area (TPSA) is 111 Å². The van der Waals surface area contributed by atoms with Gasteiger partial charge in [0.25, 0.3) is 5.91 Å². The number of nitriles is 1. The largest absolute Gasteiger partial charge is 0.360 e. The van der Waals surface area contributed by atoms with Crippen LogP contribution in [0.15, 0.2) is 60.6 Å². The Morgan fingerprint density at radius 2 is 2.04 bits per heavy atom. The maximum Gasteiger partial charge on any atom is 0.267 e. The van der Waals surface area contributed by atoms with Gasteiger partial charge in [-0.2, -0.15) is 5.26 Å². The molecule has 7 nitrogen and oxygen atoms in total. The average Bonchev–Trinajstić information content (AvgIpc) is 3.10. The number of fused-ring (bicyclic) bond motifs is 1. The first-order chi connectivity index (χ1) is 12.6. The number of nitrogens with one attached hydrogen (secondary N) is 3. The number of H-pyrrole nitrogens is 1. The normalized spacial score (nSPS) is 11.0. The number of ketones is 1. The summed E-state index contributed by atoms with van der Waals surface area (Å²) in [6.07, 6.45) is 2.93. The van der Waals surface area contributed by atoms with Crippen LogP contribution in [0.5, 0.6) is 0 Å². The molecule has 0 unspecified atom stereocenters. The molecule has 3 N–H and O–H groups in total. The molecule has 0 aliphatic carbocycles. The molecule has 0 bridgehead atoms. The van der Waals surface area contributed by atoms with Crippen molar-refractivity contribution in [3.05, 3.63) is 66.1 Å². The van der Waals surface area contributed by atoms with Crippen LogP contribution in [0.4, 0.5) is 11.4 Å². The number of hydrogen-bond donors (Lipinski definition) is 3. The number of aromatic nitrogens is 2. The van der Waals surface area contributed by atoms with Crippen molar-refractivity contribution in [2.24, 2.45) is 0 Å². The number of carbonyl (C=O) groups is 2. The van der Waals surface area contributed by atoms with Gasteiger partial charge in [0, 0.05) is 23.1 Å². The number of Topliss-reactive ketones (excluding diaryl/α,β-unsaturated/α-hetero) is 1. The van der Waals surface area contributed by atoms with E-state index in [1.807, 2.05) is 18.2 Å². The van der Waals surface area contributed by atoms with Crippen LogP contribution in [0, 0.1) is 11.3 Å². The summed E-state index contributed by atoms with van der Waals surface area (Å²) in [4.78, 5) is 30.8.